The predicted molar refractivity (Wildman–Crippen MR) is 65.2 cm³/mol. The molecule has 0 saturated carbocycles. The average molecular weight is 236 g/mol. The lowest BCUT2D eigenvalue weighted by molar-refractivity contribution is 0.375. The maximum Gasteiger partial charge on any atom is 0.135 e. The summed E-state index contributed by atoms with van der Waals surface area (Å²) in [5.74, 6) is -0.514. The summed E-state index contributed by atoms with van der Waals surface area (Å²) in [6.45, 7) is 11.4. The molecule has 1 aliphatic heterocycles. The van der Waals surface area contributed by atoms with E-state index in [1.807, 2.05) is 12.1 Å². The Balaban J connectivity index is 2.59. The van der Waals surface area contributed by atoms with Gasteiger partial charge in [-0.3, -0.25) is 0 Å². The van der Waals surface area contributed by atoms with E-state index in [9.17, 15) is 0 Å². The van der Waals surface area contributed by atoms with Crippen molar-refractivity contribution in [1.82, 2.24) is 0 Å². The normalized spacial score (nSPS) is 25.0. The zero-order valence-corrected chi connectivity index (χ0v) is 11.7. The van der Waals surface area contributed by atoms with Gasteiger partial charge in [-0.1, -0.05) is 33.9 Å². The third kappa shape index (κ3) is 2.45. The van der Waals surface area contributed by atoms with Crippen LogP contribution in [0, 0.1) is 28.6 Å². The van der Waals surface area contributed by atoms with Crippen molar-refractivity contribution in [2.24, 2.45) is 5.92 Å². The topological polar surface area (TPSA) is 60.1 Å². The molecule has 2 atom stereocenters. The largest absolute Gasteiger partial charge is 0.373 e. The van der Waals surface area contributed by atoms with Crippen LogP contribution in [0.3, 0.4) is 0 Å². The van der Waals surface area contributed by atoms with Gasteiger partial charge in [0.15, 0.2) is 0 Å². The summed E-state index contributed by atoms with van der Waals surface area (Å²) < 4.78 is 5.70. The molecule has 1 aliphatic rings. The van der Waals surface area contributed by atoms with Gasteiger partial charge in [0.25, 0.3) is 0 Å². The van der Waals surface area contributed by atoms with Crippen LogP contribution in [0.5, 0.6) is 0 Å². The van der Waals surface area contributed by atoms with Gasteiger partial charge in [-0.2, -0.15) is 10.5 Å². The van der Waals surface area contributed by atoms with E-state index >= 15 is 0 Å². The molecule has 4 heteroatoms. The molecule has 0 radical (unpaired) electrons. The minimum atomic E-state index is -1.47. The van der Waals surface area contributed by atoms with Crippen molar-refractivity contribution in [1.29, 1.82) is 10.5 Å². The van der Waals surface area contributed by atoms with E-state index in [1.165, 1.54) is 0 Å². The summed E-state index contributed by atoms with van der Waals surface area (Å²) in [7, 11) is -1.47. The fourth-order valence-electron chi connectivity index (χ4n) is 1.75. The van der Waals surface area contributed by atoms with E-state index < -0.39 is 14.0 Å². The first-order valence-electron chi connectivity index (χ1n) is 5.68. The van der Waals surface area contributed by atoms with Crippen LogP contribution in [0.15, 0.2) is 0 Å². The van der Waals surface area contributed by atoms with Crippen molar-refractivity contribution in [2.45, 2.75) is 57.2 Å². The molecule has 1 fully saturated rings. The Morgan fingerprint density at radius 3 is 2.12 bits per heavy atom. The standard InChI is InChI=1S/C12H20N2OSi/c1-12(2,3)16(4,5)11-10(15-11)6-9(7-13)8-14/h9-11H,6H2,1-5H3/t10-,11-/m1/s1. The van der Waals surface area contributed by atoms with Crippen LogP contribution in [0.25, 0.3) is 0 Å². The van der Waals surface area contributed by atoms with Gasteiger partial charge in [-0.15, -0.1) is 0 Å². The lowest BCUT2D eigenvalue weighted by atomic mass is 10.1. The molecule has 3 nitrogen and oxygen atoms in total. The number of rotatable bonds is 3. The number of nitriles is 2. The molecule has 1 saturated heterocycles. The van der Waals surface area contributed by atoms with E-state index in [1.54, 1.807) is 0 Å². The molecule has 88 valence electrons. The molecule has 16 heavy (non-hydrogen) atoms. The fourth-order valence-corrected chi connectivity index (χ4v) is 4.18. The zero-order chi connectivity index (χ0) is 12.6. The molecule has 0 aromatic heterocycles. The zero-order valence-electron chi connectivity index (χ0n) is 10.7. The Morgan fingerprint density at radius 1 is 1.25 bits per heavy atom. The molecule has 0 unspecified atom stereocenters. The summed E-state index contributed by atoms with van der Waals surface area (Å²) in [5.41, 5.74) is 0.316. The van der Waals surface area contributed by atoms with Crippen molar-refractivity contribution in [3.63, 3.8) is 0 Å². The Kier molecular flexibility index (Phi) is 3.47. The van der Waals surface area contributed by atoms with Gasteiger partial charge in [0.1, 0.15) is 5.92 Å². The molecule has 0 aromatic carbocycles. The summed E-state index contributed by atoms with van der Waals surface area (Å²) in [6.07, 6.45) is 0.717. The molecule has 0 N–H and O–H groups in total. The van der Waals surface area contributed by atoms with Gasteiger partial charge in [-0.25, -0.2) is 0 Å². The van der Waals surface area contributed by atoms with Crippen molar-refractivity contribution in [2.75, 3.05) is 0 Å². The predicted octanol–water partition coefficient (Wildman–Crippen LogP) is 2.85. The van der Waals surface area contributed by atoms with E-state index in [0.717, 1.165) is 0 Å². The average Bonchev–Trinajstić information content (AvgIpc) is 2.92. The lowest BCUT2D eigenvalue weighted by Crippen LogP contribution is -2.44. The van der Waals surface area contributed by atoms with Crippen molar-refractivity contribution in [3.8, 4) is 12.1 Å². The second-order valence-electron chi connectivity index (χ2n) is 6.11. The lowest BCUT2D eigenvalue weighted by Gasteiger charge is -2.35. The molecule has 0 aliphatic carbocycles. The summed E-state index contributed by atoms with van der Waals surface area (Å²) in [5, 5.41) is 17.8. The van der Waals surface area contributed by atoms with Crippen LogP contribution in [0.1, 0.15) is 27.2 Å². The number of ether oxygens (including phenoxy) is 1. The van der Waals surface area contributed by atoms with Crippen LogP contribution in [-0.4, -0.2) is 19.9 Å². The van der Waals surface area contributed by atoms with E-state index in [4.69, 9.17) is 15.3 Å². The second-order valence-corrected chi connectivity index (χ2v) is 11.6. The van der Waals surface area contributed by atoms with Gasteiger partial charge < -0.3 is 4.74 Å². The van der Waals surface area contributed by atoms with Gasteiger partial charge in [0.05, 0.1) is 32.0 Å². The number of hydrogen-bond acceptors (Lipinski definition) is 3. The Bertz CT molecular complexity index is 332. The minimum absolute atomic E-state index is 0.144. The highest BCUT2D eigenvalue weighted by molar-refractivity contribution is 6.82. The van der Waals surface area contributed by atoms with Crippen molar-refractivity contribution in [3.05, 3.63) is 0 Å². The molecule has 0 bridgehead atoms. The van der Waals surface area contributed by atoms with Crippen LogP contribution in [-0.2, 0) is 4.74 Å². The van der Waals surface area contributed by atoms with E-state index in [-0.39, 0.29) is 6.10 Å². The summed E-state index contributed by atoms with van der Waals surface area (Å²) in [4.78, 5) is 0. The van der Waals surface area contributed by atoms with E-state index in [0.29, 0.717) is 17.2 Å². The molecule has 1 heterocycles. The third-order valence-electron chi connectivity index (χ3n) is 4.01. The first kappa shape index (κ1) is 13.2. The number of hydrogen-bond donors (Lipinski definition) is 0. The molecular formula is C12H20N2OSi. The maximum absolute atomic E-state index is 8.73. The van der Waals surface area contributed by atoms with Crippen LogP contribution in [0.4, 0.5) is 0 Å². The first-order chi connectivity index (χ1) is 7.24. The quantitative estimate of drug-likeness (QED) is 0.559. The number of epoxide rings is 1. The van der Waals surface area contributed by atoms with E-state index in [2.05, 4.69) is 33.9 Å². The molecule has 0 spiro atoms. The Labute approximate surface area is 99.0 Å². The maximum atomic E-state index is 8.73. The summed E-state index contributed by atoms with van der Waals surface area (Å²) in [6, 6.07) is 4.02. The highest BCUT2D eigenvalue weighted by Gasteiger charge is 2.55. The SMILES string of the molecule is CC(C)(C)[Si](C)(C)[C@H]1O[C@@H]1CC(C#N)C#N. The minimum Gasteiger partial charge on any atom is -0.373 e. The monoisotopic (exact) mass is 236 g/mol. The molecule has 1 rings (SSSR count). The van der Waals surface area contributed by atoms with Gasteiger partial charge in [-0.05, 0) is 5.04 Å². The highest BCUT2D eigenvalue weighted by Crippen LogP contribution is 2.47. The smallest absolute Gasteiger partial charge is 0.135 e. The van der Waals surface area contributed by atoms with Crippen LogP contribution >= 0.6 is 0 Å². The van der Waals surface area contributed by atoms with Gasteiger partial charge >= 0.3 is 0 Å². The first-order valence-corrected chi connectivity index (χ1v) is 8.76. The molecule has 0 aromatic rings. The highest BCUT2D eigenvalue weighted by atomic mass is 28.3. The molecular weight excluding hydrogens is 216 g/mol. The Morgan fingerprint density at radius 2 is 1.75 bits per heavy atom. The van der Waals surface area contributed by atoms with Gasteiger partial charge in [0, 0.05) is 6.42 Å². The van der Waals surface area contributed by atoms with Crippen molar-refractivity contribution < 1.29 is 4.74 Å². The van der Waals surface area contributed by atoms with Crippen LogP contribution < -0.4 is 0 Å². The van der Waals surface area contributed by atoms with Crippen LogP contribution in [0.2, 0.25) is 18.1 Å². The Hall–Kier alpha value is -0.843. The van der Waals surface area contributed by atoms with Gasteiger partial charge in [0.2, 0.25) is 0 Å². The third-order valence-corrected chi connectivity index (χ3v) is 9.80. The summed E-state index contributed by atoms with van der Waals surface area (Å²) >= 11 is 0. The second kappa shape index (κ2) is 4.20. The number of nitrogens with zero attached hydrogens (tertiary/aromatic N) is 2. The fraction of sp³-hybridized carbons (Fsp3) is 0.833. The van der Waals surface area contributed by atoms with Crippen molar-refractivity contribution >= 4 is 8.07 Å². The molecule has 0 amide bonds.